The molecule has 2 rings (SSSR count). The van der Waals surface area contributed by atoms with Gasteiger partial charge in [-0.2, -0.15) is 5.10 Å². The molecule has 1 unspecified atom stereocenters. The molecule has 0 saturated carbocycles. The molecule has 7 nitrogen and oxygen atoms in total. The zero-order valence-corrected chi connectivity index (χ0v) is 10.4. The molecule has 1 aromatic rings. The van der Waals surface area contributed by atoms with E-state index >= 15 is 0 Å². The predicted molar refractivity (Wildman–Crippen MR) is 63.6 cm³/mol. The molecular formula is C11H16N4O3. The Kier molecular flexibility index (Phi) is 3.22. The van der Waals surface area contributed by atoms with Gasteiger partial charge in [-0.1, -0.05) is 0 Å². The van der Waals surface area contributed by atoms with Crippen LogP contribution in [0.5, 0.6) is 0 Å². The first-order valence-electron chi connectivity index (χ1n) is 5.69. The number of aromatic nitrogens is 2. The van der Waals surface area contributed by atoms with E-state index in [4.69, 9.17) is 5.73 Å². The van der Waals surface area contributed by atoms with Gasteiger partial charge < -0.3 is 15.4 Å². The summed E-state index contributed by atoms with van der Waals surface area (Å²) in [6.07, 6.45) is 2.07. The molecule has 1 fully saturated rings. The number of methoxy groups -OCH3 is 1. The zero-order valence-electron chi connectivity index (χ0n) is 10.4. The fraction of sp³-hybridized carbons (Fsp3) is 0.545. The van der Waals surface area contributed by atoms with Crippen LogP contribution in [0.1, 0.15) is 16.9 Å². The number of aryl methyl sites for hydroxylation is 1. The molecule has 0 aromatic carbocycles. The molecule has 1 saturated heterocycles. The number of carbonyl (C=O) groups excluding carboxylic acids is 2. The van der Waals surface area contributed by atoms with Crippen LogP contribution in [-0.4, -0.2) is 46.8 Å². The predicted octanol–water partition coefficient (Wildman–Crippen LogP) is -0.363. The largest absolute Gasteiger partial charge is 0.469 e. The van der Waals surface area contributed by atoms with Crippen LogP contribution in [0.3, 0.4) is 0 Å². The van der Waals surface area contributed by atoms with E-state index < -0.39 is 0 Å². The maximum Gasteiger partial charge on any atom is 0.310 e. The molecule has 7 heteroatoms. The quantitative estimate of drug-likeness (QED) is 0.726. The number of nitrogens with zero attached hydrogens (tertiary/aromatic N) is 3. The molecule has 98 valence electrons. The summed E-state index contributed by atoms with van der Waals surface area (Å²) in [6, 6.07) is 0. The number of carbonyl (C=O) groups is 2. The highest BCUT2D eigenvalue weighted by atomic mass is 16.5. The van der Waals surface area contributed by atoms with Crippen LogP contribution in [0.25, 0.3) is 0 Å². The van der Waals surface area contributed by atoms with Gasteiger partial charge >= 0.3 is 5.97 Å². The molecule has 0 spiro atoms. The number of rotatable bonds is 2. The summed E-state index contributed by atoms with van der Waals surface area (Å²) in [5.41, 5.74) is 6.42. The Labute approximate surface area is 104 Å². The van der Waals surface area contributed by atoms with Crippen molar-refractivity contribution in [3.05, 3.63) is 11.9 Å². The third-order valence-corrected chi connectivity index (χ3v) is 3.18. The van der Waals surface area contributed by atoms with Crippen molar-refractivity contribution in [1.29, 1.82) is 0 Å². The van der Waals surface area contributed by atoms with E-state index in [1.165, 1.54) is 18.0 Å². The molecule has 0 radical (unpaired) electrons. The summed E-state index contributed by atoms with van der Waals surface area (Å²) in [6.45, 7) is 0.902. The van der Waals surface area contributed by atoms with Gasteiger partial charge in [0.05, 0.1) is 24.9 Å². The Morgan fingerprint density at radius 2 is 2.28 bits per heavy atom. The second-order valence-corrected chi connectivity index (χ2v) is 4.33. The zero-order chi connectivity index (χ0) is 13.3. The van der Waals surface area contributed by atoms with Gasteiger partial charge in [0.2, 0.25) is 0 Å². The van der Waals surface area contributed by atoms with E-state index in [-0.39, 0.29) is 17.8 Å². The third-order valence-electron chi connectivity index (χ3n) is 3.18. The normalized spacial score (nSPS) is 19.0. The highest BCUT2D eigenvalue weighted by Crippen LogP contribution is 2.21. The van der Waals surface area contributed by atoms with Crippen LogP contribution >= 0.6 is 0 Å². The van der Waals surface area contributed by atoms with Crippen molar-refractivity contribution in [2.24, 2.45) is 13.0 Å². The monoisotopic (exact) mass is 252 g/mol. The molecule has 1 aliphatic heterocycles. The molecule has 18 heavy (non-hydrogen) atoms. The van der Waals surface area contributed by atoms with Gasteiger partial charge in [-0.25, -0.2) is 0 Å². The van der Waals surface area contributed by atoms with Crippen molar-refractivity contribution >= 4 is 17.6 Å². The maximum atomic E-state index is 12.2. The Morgan fingerprint density at radius 3 is 2.83 bits per heavy atom. The fourth-order valence-electron chi connectivity index (χ4n) is 2.17. The van der Waals surface area contributed by atoms with E-state index in [1.807, 2.05) is 0 Å². The van der Waals surface area contributed by atoms with Crippen LogP contribution in [0.15, 0.2) is 6.20 Å². The molecule has 2 heterocycles. The molecule has 0 aliphatic carbocycles. The summed E-state index contributed by atoms with van der Waals surface area (Å²) >= 11 is 0. The minimum Gasteiger partial charge on any atom is -0.469 e. The summed E-state index contributed by atoms with van der Waals surface area (Å²) < 4.78 is 6.13. The molecule has 0 bridgehead atoms. The molecule has 1 aliphatic rings. The first-order chi connectivity index (χ1) is 8.54. The number of nitrogen functional groups attached to an aromatic ring is 1. The number of hydrogen-bond acceptors (Lipinski definition) is 5. The number of hydrogen-bond donors (Lipinski definition) is 1. The lowest BCUT2D eigenvalue weighted by Crippen LogP contribution is -2.32. The lowest BCUT2D eigenvalue weighted by atomic mass is 10.1. The molecular weight excluding hydrogens is 236 g/mol. The highest BCUT2D eigenvalue weighted by molar-refractivity contribution is 5.97. The number of esters is 1. The van der Waals surface area contributed by atoms with Crippen LogP contribution in [0, 0.1) is 5.92 Å². The third kappa shape index (κ3) is 2.03. The Balaban J connectivity index is 2.11. The highest BCUT2D eigenvalue weighted by Gasteiger charge is 2.33. The minimum absolute atomic E-state index is 0.195. The standard InChI is InChI=1S/C11H16N4O3/c1-14-9(8(12)5-13-14)10(16)15-4-3-7(6-15)11(17)18-2/h5,7H,3-4,6,12H2,1-2H3. The molecule has 1 amide bonds. The van der Waals surface area contributed by atoms with Crippen molar-refractivity contribution < 1.29 is 14.3 Å². The van der Waals surface area contributed by atoms with Crippen molar-refractivity contribution in [3.8, 4) is 0 Å². The number of nitrogens with two attached hydrogens (primary N) is 1. The van der Waals surface area contributed by atoms with Crippen LogP contribution in [0.4, 0.5) is 5.69 Å². The topological polar surface area (TPSA) is 90.4 Å². The number of ether oxygens (including phenoxy) is 1. The van der Waals surface area contributed by atoms with Gasteiger partial charge in [0.1, 0.15) is 5.69 Å². The molecule has 1 atom stereocenters. The second-order valence-electron chi connectivity index (χ2n) is 4.33. The van der Waals surface area contributed by atoms with Crippen molar-refractivity contribution in [2.45, 2.75) is 6.42 Å². The minimum atomic E-state index is -0.275. The van der Waals surface area contributed by atoms with Crippen molar-refractivity contribution in [1.82, 2.24) is 14.7 Å². The van der Waals surface area contributed by atoms with Gasteiger partial charge in [-0.3, -0.25) is 14.3 Å². The van der Waals surface area contributed by atoms with Crippen LogP contribution in [0.2, 0.25) is 0 Å². The van der Waals surface area contributed by atoms with E-state index in [0.29, 0.717) is 30.9 Å². The smallest absolute Gasteiger partial charge is 0.310 e. The van der Waals surface area contributed by atoms with Crippen LogP contribution in [-0.2, 0) is 16.6 Å². The fourth-order valence-corrected chi connectivity index (χ4v) is 2.17. The first kappa shape index (κ1) is 12.4. The summed E-state index contributed by atoms with van der Waals surface area (Å²) in [4.78, 5) is 25.2. The van der Waals surface area contributed by atoms with E-state index in [1.54, 1.807) is 11.9 Å². The van der Waals surface area contributed by atoms with Gasteiger partial charge in [0.15, 0.2) is 0 Å². The van der Waals surface area contributed by atoms with Crippen LogP contribution < -0.4 is 5.73 Å². The average Bonchev–Trinajstić information content (AvgIpc) is 2.95. The summed E-state index contributed by atoms with van der Waals surface area (Å²) in [5, 5.41) is 3.93. The summed E-state index contributed by atoms with van der Waals surface area (Å²) in [5.74, 6) is -0.712. The average molecular weight is 252 g/mol. The number of likely N-dealkylation sites (tertiary alicyclic amines) is 1. The number of amides is 1. The first-order valence-corrected chi connectivity index (χ1v) is 5.69. The van der Waals surface area contributed by atoms with Gasteiger partial charge in [-0.05, 0) is 6.42 Å². The number of anilines is 1. The Morgan fingerprint density at radius 1 is 1.56 bits per heavy atom. The lowest BCUT2D eigenvalue weighted by Gasteiger charge is -2.16. The van der Waals surface area contributed by atoms with E-state index in [0.717, 1.165) is 0 Å². The second kappa shape index (κ2) is 4.67. The molecule has 1 aromatic heterocycles. The van der Waals surface area contributed by atoms with Gasteiger partial charge in [-0.15, -0.1) is 0 Å². The van der Waals surface area contributed by atoms with Crippen molar-refractivity contribution in [2.75, 3.05) is 25.9 Å². The lowest BCUT2D eigenvalue weighted by molar-refractivity contribution is -0.144. The van der Waals surface area contributed by atoms with E-state index in [9.17, 15) is 9.59 Å². The maximum absolute atomic E-state index is 12.2. The molecule has 2 N–H and O–H groups in total. The van der Waals surface area contributed by atoms with Gasteiger partial charge in [0, 0.05) is 20.1 Å². The Bertz CT molecular complexity index is 463. The Hall–Kier alpha value is -2.05. The summed E-state index contributed by atoms with van der Waals surface area (Å²) in [7, 11) is 3.02. The SMILES string of the molecule is COC(=O)C1CCN(C(=O)c2c(N)cnn2C)C1. The van der Waals surface area contributed by atoms with Gasteiger partial charge in [0.25, 0.3) is 5.91 Å². The van der Waals surface area contributed by atoms with Crippen molar-refractivity contribution in [3.63, 3.8) is 0 Å². The van der Waals surface area contributed by atoms with E-state index in [2.05, 4.69) is 9.84 Å².